The number of hydrogen-bond donors (Lipinski definition) is 1. The van der Waals surface area contributed by atoms with Crippen LogP contribution in [0.25, 0.3) is 0 Å². The van der Waals surface area contributed by atoms with Gasteiger partial charge in [0.2, 0.25) is 5.91 Å². The smallest absolute Gasteiger partial charge is 0.387 e. The molecule has 0 saturated heterocycles. The number of alkyl halides is 2. The second kappa shape index (κ2) is 7.97. The Balaban J connectivity index is 1.96. The molecule has 2 rings (SSSR count). The van der Waals surface area contributed by atoms with E-state index in [1.54, 1.807) is 12.1 Å². The second-order valence-electron chi connectivity index (χ2n) is 4.96. The molecular weight excluding hydrogens is 320 g/mol. The lowest BCUT2D eigenvalue weighted by molar-refractivity contribution is -0.113. The van der Waals surface area contributed by atoms with Gasteiger partial charge in [-0.1, -0.05) is 18.2 Å². The van der Waals surface area contributed by atoms with Crippen molar-refractivity contribution in [1.29, 1.82) is 0 Å². The van der Waals surface area contributed by atoms with Crippen LogP contribution < -0.4 is 10.1 Å². The van der Waals surface area contributed by atoms with Crippen LogP contribution in [0.4, 0.5) is 14.5 Å². The number of anilines is 1. The van der Waals surface area contributed by atoms with Gasteiger partial charge in [0.05, 0.1) is 11.4 Å². The molecule has 0 fully saturated rings. The summed E-state index contributed by atoms with van der Waals surface area (Å²) in [6.07, 6.45) is 0. The third kappa shape index (κ3) is 5.25. The molecule has 1 amide bonds. The van der Waals surface area contributed by atoms with Crippen molar-refractivity contribution in [3.05, 3.63) is 53.6 Å². The fourth-order valence-corrected chi connectivity index (χ4v) is 2.70. The van der Waals surface area contributed by atoms with Crippen molar-refractivity contribution < 1.29 is 18.3 Å². The molecule has 0 radical (unpaired) electrons. The Labute approximate surface area is 138 Å². The number of para-hydroxylation sites is 2. The monoisotopic (exact) mass is 337 g/mol. The van der Waals surface area contributed by atoms with Crippen LogP contribution in [-0.4, -0.2) is 18.3 Å². The maximum absolute atomic E-state index is 12.3. The predicted octanol–water partition coefficient (Wildman–Crippen LogP) is 4.64. The third-order valence-corrected chi connectivity index (χ3v) is 4.22. The van der Waals surface area contributed by atoms with E-state index in [9.17, 15) is 13.6 Å². The molecule has 0 aromatic heterocycles. The van der Waals surface area contributed by atoms with E-state index in [4.69, 9.17) is 0 Å². The Hall–Kier alpha value is -2.08. The topological polar surface area (TPSA) is 38.3 Å². The number of ether oxygens (including phenoxy) is 1. The molecule has 0 unspecified atom stereocenters. The van der Waals surface area contributed by atoms with Crippen LogP contribution in [0.2, 0.25) is 0 Å². The molecule has 0 aliphatic heterocycles. The number of benzene rings is 2. The predicted molar refractivity (Wildman–Crippen MR) is 88.3 cm³/mol. The Kier molecular flexibility index (Phi) is 5.98. The van der Waals surface area contributed by atoms with Crippen molar-refractivity contribution >= 4 is 23.4 Å². The average Bonchev–Trinajstić information content (AvgIpc) is 2.50. The van der Waals surface area contributed by atoms with Crippen molar-refractivity contribution in [2.24, 2.45) is 0 Å². The van der Waals surface area contributed by atoms with Crippen LogP contribution in [-0.2, 0) is 4.79 Å². The van der Waals surface area contributed by atoms with E-state index in [-0.39, 0.29) is 23.1 Å². The Morgan fingerprint density at radius 2 is 1.91 bits per heavy atom. The zero-order chi connectivity index (χ0) is 16.8. The molecule has 3 nitrogen and oxygen atoms in total. The number of thioether (sulfide) groups is 1. The quantitative estimate of drug-likeness (QED) is 0.781. The molecule has 0 atom stereocenters. The molecule has 122 valence electrons. The first-order chi connectivity index (χ1) is 11.0. The average molecular weight is 337 g/mol. The number of aryl methyl sites for hydroxylation is 2. The summed E-state index contributed by atoms with van der Waals surface area (Å²) in [5.41, 5.74) is 2.58. The molecule has 1 N–H and O–H groups in total. The Bertz CT molecular complexity index is 692. The first-order valence-corrected chi connectivity index (χ1v) is 7.98. The molecule has 2 aromatic carbocycles. The standard InChI is InChI=1S/C17H17F2NO2S/c1-11-7-8-13(9-12(11)2)23-10-16(21)20-14-5-3-4-6-15(14)22-17(18)19/h3-9,17H,10H2,1-2H3,(H,20,21). The lowest BCUT2D eigenvalue weighted by atomic mass is 10.1. The fourth-order valence-electron chi connectivity index (χ4n) is 1.91. The minimum Gasteiger partial charge on any atom is -0.433 e. The number of amides is 1. The van der Waals surface area contributed by atoms with E-state index in [1.807, 2.05) is 32.0 Å². The first-order valence-electron chi connectivity index (χ1n) is 6.99. The summed E-state index contributed by atoms with van der Waals surface area (Å²) in [6.45, 7) is 1.10. The Morgan fingerprint density at radius 1 is 1.17 bits per heavy atom. The number of carbonyl (C=O) groups is 1. The molecule has 0 aliphatic carbocycles. The highest BCUT2D eigenvalue weighted by molar-refractivity contribution is 8.00. The van der Waals surface area contributed by atoms with Gasteiger partial charge in [-0.3, -0.25) is 4.79 Å². The first kappa shape index (κ1) is 17.3. The highest BCUT2D eigenvalue weighted by Crippen LogP contribution is 2.26. The largest absolute Gasteiger partial charge is 0.433 e. The van der Waals surface area contributed by atoms with Crippen molar-refractivity contribution in [1.82, 2.24) is 0 Å². The van der Waals surface area contributed by atoms with E-state index < -0.39 is 6.61 Å². The minimum atomic E-state index is -2.93. The summed E-state index contributed by atoms with van der Waals surface area (Å²) in [4.78, 5) is 13.0. The maximum atomic E-state index is 12.3. The number of rotatable bonds is 6. The van der Waals surface area contributed by atoms with Gasteiger partial charge in [0.25, 0.3) is 0 Å². The molecule has 23 heavy (non-hydrogen) atoms. The summed E-state index contributed by atoms with van der Waals surface area (Å²) in [5.74, 6) is -0.142. The normalized spacial score (nSPS) is 10.7. The van der Waals surface area contributed by atoms with Gasteiger partial charge in [-0.2, -0.15) is 8.78 Å². The highest BCUT2D eigenvalue weighted by Gasteiger charge is 2.11. The van der Waals surface area contributed by atoms with Gasteiger partial charge in [0, 0.05) is 4.90 Å². The number of nitrogens with one attached hydrogen (secondary N) is 1. The highest BCUT2D eigenvalue weighted by atomic mass is 32.2. The van der Waals surface area contributed by atoms with Gasteiger partial charge in [-0.25, -0.2) is 0 Å². The van der Waals surface area contributed by atoms with E-state index >= 15 is 0 Å². The van der Waals surface area contributed by atoms with Crippen LogP contribution >= 0.6 is 11.8 Å². The van der Waals surface area contributed by atoms with Gasteiger partial charge in [0.1, 0.15) is 5.75 Å². The summed E-state index contributed by atoms with van der Waals surface area (Å²) < 4.78 is 29.1. The van der Waals surface area contributed by atoms with Crippen molar-refractivity contribution in [2.45, 2.75) is 25.4 Å². The maximum Gasteiger partial charge on any atom is 0.387 e. The number of hydrogen-bond acceptors (Lipinski definition) is 3. The van der Waals surface area contributed by atoms with Crippen molar-refractivity contribution in [2.75, 3.05) is 11.1 Å². The van der Waals surface area contributed by atoms with Gasteiger partial charge in [-0.15, -0.1) is 11.8 Å². The van der Waals surface area contributed by atoms with Gasteiger partial charge in [0.15, 0.2) is 0 Å². The summed E-state index contributed by atoms with van der Waals surface area (Å²) in [5, 5.41) is 2.59. The summed E-state index contributed by atoms with van der Waals surface area (Å²) >= 11 is 1.39. The molecule has 0 aliphatic rings. The molecule has 0 saturated carbocycles. The van der Waals surface area contributed by atoms with E-state index in [0.29, 0.717) is 0 Å². The lowest BCUT2D eigenvalue weighted by Crippen LogP contribution is -2.15. The van der Waals surface area contributed by atoms with Crippen molar-refractivity contribution in [3.8, 4) is 5.75 Å². The third-order valence-electron chi connectivity index (χ3n) is 3.23. The zero-order valence-electron chi connectivity index (χ0n) is 12.8. The van der Waals surface area contributed by atoms with Crippen molar-refractivity contribution in [3.63, 3.8) is 0 Å². The molecule has 6 heteroatoms. The van der Waals surface area contributed by atoms with Crippen LogP contribution in [0.3, 0.4) is 0 Å². The zero-order valence-corrected chi connectivity index (χ0v) is 13.6. The Morgan fingerprint density at radius 3 is 2.61 bits per heavy atom. The SMILES string of the molecule is Cc1ccc(SCC(=O)Nc2ccccc2OC(F)F)cc1C. The number of halogens is 2. The van der Waals surface area contributed by atoms with E-state index in [1.165, 1.54) is 29.5 Å². The molecule has 0 spiro atoms. The van der Waals surface area contributed by atoms with E-state index in [0.717, 1.165) is 10.5 Å². The molecule has 0 bridgehead atoms. The summed E-state index contributed by atoms with van der Waals surface area (Å²) in [6, 6.07) is 12.1. The second-order valence-corrected chi connectivity index (χ2v) is 6.01. The van der Waals surface area contributed by atoms with Gasteiger partial charge < -0.3 is 10.1 Å². The van der Waals surface area contributed by atoms with Gasteiger partial charge in [-0.05, 0) is 49.2 Å². The lowest BCUT2D eigenvalue weighted by Gasteiger charge is -2.11. The van der Waals surface area contributed by atoms with Gasteiger partial charge >= 0.3 is 6.61 Å². The summed E-state index contributed by atoms with van der Waals surface area (Å²) in [7, 11) is 0. The van der Waals surface area contributed by atoms with E-state index in [2.05, 4.69) is 10.1 Å². The minimum absolute atomic E-state index is 0.0490. The van der Waals surface area contributed by atoms with Crippen LogP contribution in [0.5, 0.6) is 5.75 Å². The number of carbonyl (C=O) groups excluding carboxylic acids is 1. The van der Waals surface area contributed by atoms with Crippen LogP contribution in [0.15, 0.2) is 47.4 Å². The molecular formula is C17H17F2NO2S. The fraction of sp³-hybridized carbons (Fsp3) is 0.235. The van der Waals surface area contributed by atoms with Crippen LogP contribution in [0.1, 0.15) is 11.1 Å². The molecule has 0 heterocycles. The molecule has 2 aromatic rings. The van der Waals surface area contributed by atoms with Crippen LogP contribution in [0, 0.1) is 13.8 Å².